The van der Waals surface area contributed by atoms with Gasteiger partial charge in [-0.05, 0) is 29.5 Å². The van der Waals surface area contributed by atoms with E-state index in [0.717, 1.165) is 0 Å². The van der Waals surface area contributed by atoms with Crippen molar-refractivity contribution in [1.82, 2.24) is 14.9 Å². The molecule has 0 saturated carbocycles. The molecule has 0 aliphatic rings. The van der Waals surface area contributed by atoms with Crippen molar-refractivity contribution in [2.75, 3.05) is 13.1 Å². The van der Waals surface area contributed by atoms with Gasteiger partial charge >= 0.3 is 6.18 Å². The molecule has 0 fully saturated rings. The van der Waals surface area contributed by atoms with Crippen molar-refractivity contribution in [3.05, 3.63) is 25.9 Å². The molecule has 0 spiro atoms. The lowest BCUT2D eigenvalue weighted by Crippen LogP contribution is -2.34. The maximum Gasteiger partial charge on any atom is 0.401 e. The zero-order valence-electron chi connectivity index (χ0n) is 9.01. The Morgan fingerprint density at radius 3 is 2.76 bits per heavy atom. The van der Waals surface area contributed by atoms with Gasteiger partial charge in [0.1, 0.15) is 0 Å². The maximum absolute atomic E-state index is 11.8. The van der Waals surface area contributed by atoms with Crippen LogP contribution < -0.4 is 10.9 Å². The van der Waals surface area contributed by atoms with E-state index in [1.54, 1.807) is 6.92 Å². The van der Waals surface area contributed by atoms with E-state index in [2.05, 4.69) is 10.3 Å². The Bertz CT molecular complexity index is 444. The van der Waals surface area contributed by atoms with Gasteiger partial charge in [0.25, 0.3) is 5.56 Å². The topological polar surface area (TPSA) is 46.9 Å². The summed E-state index contributed by atoms with van der Waals surface area (Å²) < 4.78 is 37.3. The second-order valence-electron chi connectivity index (χ2n) is 3.43. The smallest absolute Gasteiger partial charge is 0.307 e. The molecule has 0 aromatic carbocycles. The molecule has 1 heterocycles. The first-order valence-electron chi connectivity index (χ1n) is 4.80. The first-order chi connectivity index (χ1) is 7.81. The van der Waals surface area contributed by atoms with Crippen LogP contribution in [0.15, 0.2) is 11.1 Å². The van der Waals surface area contributed by atoms with Gasteiger partial charge in [-0.2, -0.15) is 13.2 Å². The lowest BCUT2D eigenvalue weighted by Gasteiger charge is -2.09. The van der Waals surface area contributed by atoms with Crippen LogP contribution in [0.1, 0.15) is 5.69 Å². The number of hydrogen-bond donors (Lipinski definition) is 1. The normalized spacial score (nSPS) is 11.8. The number of nitrogens with one attached hydrogen (secondary N) is 1. The average molecular weight is 361 g/mol. The molecule has 0 bridgehead atoms. The molecule has 0 unspecified atom stereocenters. The van der Waals surface area contributed by atoms with E-state index in [4.69, 9.17) is 0 Å². The van der Waals surface area contributed by atoms with E-state index in [9.17, 15) is 18.0 Å². The van der Waals surface area contributed by atoms with Crippen LogP contribution in [0.2, 0.25) is 0 Å². The summed E-state index contributed by atoms with van der Waals surface area (Å²) in [5.41, 5.74) is 0.391. The van der Waals surface area contributed by atoms with Gasteiger partial charge in [0, 0.05) is 13.1 Å². The quantitative estimate of drug-likeness (QED) is 0.650. The number of rotatable bonds is 4. The molecule has 0 atom stereocenters. The Labute approximate surface area is 109 Å². The van der Waals surface area contributed by atoms with Crippen LogP contribution in [0.5, 0.6) is 0 Å². The number of halogens is 4. The molecular weight excluding hydrogens is 350 g/mol. The monoisotopic (exact) mass is 361 g/mol. The summed E-state index contributed by atoms with van der Waals surface area (Å²) in [6.45, 7) is 0.881. The van der Waals surface area contributed by atoms with Gasteiger partial charge in [0.15, 0.2) is 0 Å². The highest BCUT2D eigenvalue weighted by molar-refractivity contribution is 14.1. The lowest BCUT2D eigenvalue weighted by atomic mass is 10.4. The van der Waals surface area contributed by atoms with Crippen molar-refractivity contribution in [2.45, 2.75) is 19.6 Å². The van der Waals surface area contributed by atoms with Crippen LogP contribution in [0.3, 0.4) is 0 Å². The molecule has 17 heavy (non-hydrogen) atoms. The molecular formula is C9H11F3IN3O. The SMILES string of the molecule is Cc1ncn(CCNCC(F)(F)F)c(=O)c1I. The Kier molecular flexibility index (Phi) is 4.92. The van der Waals surface area contributed by atoms with Crippen LogP contribution in [0, 0.1) is 10.5 Å². The minimum absolute atomic E-state index is 0.0697. The van der Waals surface area contributed by atoms with E-state index >= 15 is 0 Å². The summed E-state index contributed by atoms with van der Waals surface area (Å²) in [7, 11) is 0. The Morgan fingerprint density at radius 2 is 2.18 bits per heavy atom. The lowest BCUT2D eigenvalue weighted by molar-refractivity contribution is -0.124. The summed E-state index contributed by atoms with van der Waals surface area (Å²) in [5, 5.41) is 2.22. The largest absolute Gasteiger partial charge is 0.401 e. The fraction of sp³-hybridized carbons (Fsp3) is 0.556. The van der Waals surface area contributed by atoms with Crippen LogP contribution >= 0.6 is 22.6 Å². The van der Waals surface area contributed by atoms with Crippen molar-refractivity contribution in [1.29, 1.82) is 0 Å². The maximum atomic E-state index is 11.8. The van der Waals surface area contributed by atoms with Crippen LogP contribution in [-0.4, -0.2) is 28.8 Å². The molecule has 1 N–H and O–H groups in total. The van der Waals surface area contributed by atoms with E-state index in [1.165, 1.54) is 10.9 Å². The third-order valence-electron chi connectivity index (χ3n) is 2.01. The summed E-state index contributed by atoms with van der Waals surface area (Å²) in [5.74, 6) is 0. The Balaban J connectivity index is 2.54. The van der Waals surface area contributed by atoms with E-state index in [0.29, 0.717) is 9.26 Å². The van der Waals surface area contributed by atoms with E-state index < -0.39 is 12.7 Å². The van der Waals surface area contributed by atoms with Crippen LogP contribution in [-0.2, 0) is 6.54 Å². The van der Waals surface area contributed by atoms with E-state index in [-0.39, 0.29) is 18.6 Å². The molecule has 0 aliphatic heterocycles. The molecule has 1 rings (SSSR count). The van der Waals surface area contributed by atoms with Crippen molar-refractivity contribution in [3.63, 3.8) is 0 Å². The molecule has 4 nitrogen and oxygen atoms in total. The fourth-order valence-corrected chi connectivity index (χ4v) is 1.58. The molecule has 8 heteroatoms. The molecule has 0 saturated heterocycles. The molecule has 0 amide bonds. The summed E-state index contributed by atoms with van der Waals surface area (Å²) in [4.78, 5) is 15.6. The second kappa shape index (κ2) is 5.80. The average Bonchev–Trinajstić information content (AvgIpc) is 2.22. The molecule has 1 aromatic heterocycles. The van der Waals surface area contributed by atoms with Gasteiger partial charge < -0.3 is 5.32 Å². The number of aromatic nitrogens is 2. The minimum atomic E-state index is -4.23. The zero-order valence-corrected chi connectivity index (χ0v) is 11.2. The second-order valence-corrected chi connectivity index (χ2v) is 4.51. The summed E-state index contributed by atoms with van der Waals surface area (Å²) in [6.07, 6.45) is -2.89. The standard InChI is InChI=1S/C9H11F3IN3O/c1-6-7(13)8(17)16(5-15-6)3-2-14-4-9(10,11)12/h5,14H,2-4H2,1H3. The predicted octanol–water partition coefficient (Wildman–Crippen LogP) is 1.31. The van der Waals surface area contributed by atoms with Crippen LogP contribution in [0.4, 0.5) is 13.2 Å². The Morgan fingerprint density at radius 1 is 1.53 bits per heavy atom. The van der Waals surface area contributed by atoms with Crippen LogP contribution in [0.25, 0.3) is 0 Å². The van der Waals surface area contributed by atoms with E-state index in [1.807, 2.05) is 22.6 Å². The van der Waals surface area contributed by atoms with Gasteiger partial charge in [0.2, 0.25) is 0 Å². The molecule has 96 valence electrons. The summed E-state index contributed by atoms with van der Waals surface area (Å²) in [6, 6.07) is 0. The van der Waals surface area contributed by atoms with Crippen molar-refractivity contribution in [2.24, 2.45) is 0 Å². The summed E-state index contributed by atoms with van der Waals surface area (Å²) >= 11 is 1.87. The van der Waals surface area contributed by atoms with Crippen molar-refractivity contribution >= 4 is 22.6 Å². The number of aryl methyl sites for hydroxylation is 1. The van der Waals surface area contributed by atoms with Crippen molar-refractivity contribution < 1.29 is 13.2 Å². The number of alkyl halides is 3. The zero-order chi connectivity index (χ0) is 13.1. The van der Waals surface area contributed by atoms with Gasteiger partial charge in [0.05, 0.1) is 22.1 Å². The predicted molar refractivity (Wildman–Crippen MR) is 64.9 cm³/mol. The highest BCUT2D eigenvalue weighted by Crippen LogP contribution is 2.11. The third kappa shape index (κ3) is 4.62. The molecule has 0 radical (unpaired) electrons. The number of nitrogens with zero attached hydrogens (tertiary/aromatic N) is 2. The van der Waals surface area contributed by atoms with Crippen molar-refractivity contribution in [3.8, 4) is 0 Å². The highest BCUT2D eigenvalue weighted by atomic mass is 127. The first kappa shape index (κ1) is 14.4. The van der Waals surface area contributed by atoms with Gasteiger partial charge in [-0.25, -0.2) is 4.98 Å². The van der Waals surface area contributed by atoms with Gasteiger partial charge in [-0.3, -0.25) is 9.36 Å². The fourth-order valence-electron chi connectivity index (χ4n) is 1.14. The molecule has 1 aromatic rings. The minimum Gasteiger partial charge on any atom is -0.307 e. The third-order valence-corrected chi connectivity index (χ3v) is 3.25. The first-order valence-corrected chi connectivity index (χ1v) is 5.88. The highest BCUT2D eigenvalue weighted by Gasteiger charge is 2.25. The Hall–Kier alpha value is -0.640. The van der Waals surface area contributed by atoms with Gasteiger partial charge in [-0.15, -0.1) is 0 Å². The number of hydrogen-bond acceptors (Lipinski definition) is 3. The molecule has 0 aliphatic carbocycles. The van der Waals surface area contributed by atoms with Gasteiger partial charge in [-0.1, -0.05) is 0 Å².